The van der Waals surface area contributed by atoms with Gasteiger partial charge in [0.15, 0.2) is 5.82 Å². The predicted molar refractivity (Wildman–Crippen MR) is 108 cm³/mol. The minimum atomic E-state index is -0.224. The van der Waals surface area contributed by atoms with E-state index in [2.05, 4.69) is 15.1 Å². The van der Waals surface area contributed by atoms with Crippen LogP contribution in [0.1, 0.15) is 46.5 Å². The van der Waals surface area contributed by atoms with Crippen molar-refractivity contribution in [2.75, 3.05) is 20.3 Å². The fourth-order valence-corrected chi connectivity index (χ4v) is 3.53. The molecule has 1 unspecified atom stereocenters. The van der Waals surface area contributed by atoms with Gasteiger partial charge in [-0.25, -0.2) is 4.98 Å². The van der Waals surface area contributed by atoms with Gasteiger partial charge in [0.05, 0.1) is 19.3 Å². The minimum Gasteiger partial charge on any atom is -0.493 e. The van der Waals surface area contributed by atoms with E-state index >= 15 is 0 Å². The summed E-state index contributed by atoms with van der Waals surface area (Å²) in [5.74, 6) is 2.23. The highest BCUT2D eigenvalue weighted by Gasteiger charge is 2.34. The van der Waals surface area contributed by atoms with Crippen LogP contribution in [-0.2, 0) is 6.42 Å². The second-order valence-electron chi connectivity index (χ2n) is 7.21. The second-order valence-corrected chi connectivity index (χ2v) is 7.21. The van der Waals surface area contributed by atoms with E-state index in [1.54, 1.807) is 24.1 Å². The fraction of sp³-hybridized carbons (Fsp3) is 0.364. The Morgan fingerprint density at radius 1 is 1.30 bits per heavy atom. The lowest BCUT2D eigenvalue weighted by Crippen LogP contribution is -2.30. The standard InChI is InChI=1S/C22H24N4O4/c1-15-5-3-6-17(13-15)29-12-10-19-24-21(30-25-19)18-7-4-11-26(18)22(27)16-8-9-20(28-2)23-14-16/h3,5-6,8-9,13-14,18H,4,7,10-12H2,1-2H3. The number of rotatable bonds is 7. The predicted octanol–water partition coefficient (Wildman–Crippen LogP) is 3.38. The van der Waals surface area contributed by atoms with Gasteiger partial charge in [-0.3, -0.25) is 4.79 Å². The van der Waals surface area contributed by atoms with Crippen molar-refractivity contribution < 1.29 is 18.8 Å². The number of methoxy groups -OCH3 is 1. The maximum Gasteiger partial charge on any atom is 0.256 e. The van der Waals surface area contributed by atoms with Gasteiger partial charge in [0, 0.05) is 25.2 Å². The number of benzene rings is 1. The number of hydrogen-bond donors (Lipinski definition) is 0. The molecule has 4 rings (SSSR count). The van der Waals surface area contributed by atoms with Crippen LogP contribution >= 0.6 is 0 Å². The first-order valence-electron chi connectivity index (χ1n) is 9.97. The van der Waals surface area contributed by atoms with Crippen molar-refractivity contribution in [3.63, 3.8) is 0 Å². The van der Waals surface area contributed by atoms with Crippen LogP contribution in [0, 0.1) is 6.92 Å². The van der Waals surface area contributed by atoms with Crippen molar-refractivity contribution in [1.82, 2.24) is 20.0 Å². The van der Waals surface area contributed by atoms with Gasteiger partial charge in [-0.2, -0.15) is 4.98 Å². The number of carbonyl (C=O) groups excluding carboxylic acids is 1. The van der Waals surface area contributed by atoms with E-state index in [0.717, 1.165) is 24.2 Å². The third-order valence-electron chi connectivity index (χ3n) is 5.06. The Morgan fingerprint density at radius 2 is 2.20 bits per heavy atom. The van der Waals surface area contributed by atoms with Crippen LogP contribution in [0.2, 0.25) is 0 Å². The number of ether oxygens (including phenoxy) is 2. The summed E-state index contributed by atoms with van der Waals surface area (Å²) >= 11 is 0. The molecule has 0 N–H and O–H groups in total. The highest BCUT2D eigenvalue weighted by molar-refractivity contribution is 5.94. The third-order valence-corrected chi connectivity index (χ3v) is 5.06. The molecule has 3 aromatic rings. The summed E-state index contributed by atoms with van der Waals surface area (Å²) in [4.78, 5) is 23.3. The monoisotopic (exact) mass is 408 g/mol. The first kappa shape index (κ1) is 19.9. The molecule has 8 nitrogen and oxygen atoms in total. The number of nitrogens with zero attached hydrogens (tertiary/aromatic N) is 4. The molecule has 1 aromatic carbocycles. The SMILES string of the molecule is COc1ccc(C(=O)N2CCCC2c2nc(CCOc3cccc(C)c3)no2)cn1. The molecule has 0 spiro atoms. The quantitative estimate of drug-likeness (QED) is 0.592. The van der Waals surface area contributed by atoms with Crippen LogP contribution in [0.4, 0.5) is 0 Å². The van der Waals surface area contributed by atoms with Crippen LogP contribution in [0.3, 0.4) is 0 Å². The molecule has 156 valence electrons. The van der Waals surface area contributed by atoms with E-state index in [4.69, 9.17) is 14.0 Å². The van der Waals surface area contributed by atoms with Gasteiger partial charge in [-0.1, -0.05) is 17.3 Å². The zero-order chi connectivity index (χ0) is 20.9. The smallest absolute Gasteiger partial charge is 0.256 e. The van der Waals surface area contributed by atoms with Crippen molar-refractivity contribution >= 4 is 5.91 Å². The summed E-state index contributed by atoms with van der Waals surface area (Å²) in [7, 11) is 1.54. The summed E-state index contributed by atoms with van der Waals surface area (Å²) in [6.45, 7) is 3.12. The molecular formula is C22H24N4O4. The van der Waals surface area contributed by atoms with E-state index in [1.165, 1.54) is 6.20 Å². The number of pyridine rings is 1. The van der Waals surface area contributed by atoms with Crippen molar-refractivity contribution in [2.24, 2.45) is 0 Å². The number of aryl methyl sites for hydroxylation is 1. The molecule has 1 atom stereocenters. The molecule has 1 fully saturated rings. The maximum atomic E-state index is 12.9. The number of hydrogen-bond acceptors (Lipinski definition) is 7. The van der Waals surface area contributed by atoms with E-state index in [1.807, 2.05) is 31.2 Å². The van der Waals surface area contributed by atoms with Gasteiger partial charge in [0.2, 0.25) is 11.8 Å². The summed E-state index contributed by atoms with van der Waals surface area (Å²) in [6, 6.07) is 11.1. The highest BCUT2D eigenvalue weighted by atomic mass is 16.5. The van der Waals surface area contributed by atoms with Gasteiger partial charge in [-0.15, -0.1) is 0 Å². The van der Waals surface area contributed by atoms with Crippen molar-refractivity contribution in [1.29, 1.82) is 0 Å². The summed E-state index contributed by atoms with van der Waals surface area (Å²) in [5.41, 5.74) is 1.65. The van der Waals surface area contributed by atoms with E-state index in [9.17, 15) is 4.79 Å². The fourth-order valence-electron chi connectivity index (χ4n) is 3.53. The first-order chi connectivity index (χ1) is 14.6. The zero-order valence-electron chi connectivity index (χ0n) is 17.1. The van der Waals surface area contributed by atoms with Crippen molar-refractivity contribution in [3.8, 4) is 11.6 Å². The lowest BCUT2D eigenvalue weighted by Gasteiger charge is -2.21. The lowest BCUT2D eigenvalue weighted by atomic mass is 10.2. The molecule has 1 amide bonds. The molecule has 0 bridgehead atoms. The van der Waals surface area contributed by atoms with Gasteiger partial charge in [0.25, 0.3) is 5.91 Å². The molecule has 8 heteroatoms. The highest BCUT2D eigenvalue weighted by Crippen LogP contribution is 2.32. The van der Waals surface area contributed by atoms with Crippen molar-refractivity contribution in [2.45, 2.75) is 32.2 Å². The molecule has 0 aliphatic carbocycles. The maximum absolute atomic E-state index is 12.9. The van der Waals surface area contributed by atoms with Gasteiger partial charge < -0.3 is 18.9 Å². The average molecular weight is 408 g/mol. The number of aromatic nitrogens is 3. The van der Waals surface area contributed by atoms with Gasteiger partial charge >= 0.3 is 0 Å². The first-order valence-corrected chi connectivity index (χ1v) is 9.97. The molecule has 2 aromatic heterocycles. The van der Waals surface area contributed by atoms with E-state index < -0.39 is 0 Å². The van der Waals surface area contributed by atoms with Gasteiger partial charge in [-0.05, 0) is 43.5 Å². The molecule has 1 aliphatic heterocycles. The Bertz CT molecular complexity index is 1000. The van der Waals surface area contributed by atoms with Gasteiger partial charge in [0.1, 0.15) is 11.8 Å². The molecule has 1 saturated heterocycles. The molecule has 3 heterocycles. The number of carbonyl (C=O) groups is 1. The molecular weight excluding hydrogens is 384 g/mol. The summed E-state index contributed by atoms with van der Waals surface area (Å²) < 4.78 is 16.3. The zero-order valence-corrected chi connectivity index (χ0v) is 17.1. The van der Waals surface area contributed by atoms with Crippen LogP contribution in [0.25, 0.3) is 0 Å². The average Bonchev–Trinajstić information content (AvgIpc) is 3.43. The Balaban J connectivity index is 1.38. The third kappa shape index (κ3) is 4.42. The normalized spacial score (nSPS) is 15.9. The lowest BCUT2D eigenvalue weighted by molar-refractivity contribution is 0.0709. The Labute approximate surface area is 174 Å². The van der Waals surface area contributed by atoms with Crippen molar-refractivity contribution in [3.05, 3.63) is 65.4 Å². The Morgan fingerprint density at radius 3 is 2.97 bits per heavy atom. The van der Waals surface area contributed by atoms with Crippen LogP contribution in [0.5, 0.6) is 11.6 Å². The Hall–Kier alpha value is -3.42. The molecule has 1 aliphatic rings. The second kappa shape index (κ2) is 8.94. The van der Waals surface area contributed by atoms with Crippen LogP contribution in [-0.4, -0.2) is 46.2 Å². The summed E-state index contributed by atoms with van der Waals surface area (Å²) in [5, 5.41) is 4.07. The van der Waals surface area contributed by atoms with E-state index in [0.29, 0.717) is 42.7 Å². The van der Waals surface area contributed by atoms with Crippen LogP contribution in [0.15, 0.2) is 47.1 Å². The molecule has 30 heavy (non-hydrogen) atoms. The Kier molecular flexibility index (Phi) is 5.92. The summed E-state index contributed by atoms with van der Waals surface area (Å²) in [6.07, 6.45) is 3.73. The molecule has 0 radical (unpaired) electrons. The van der Waals surface area contributed by atoms with Crippen LogP contribution < -0.4 is 9.47 Å². The number of amides is 1. The largest absolute Gasteiger partial charge is 0.493 e. The topological polar surface area (TPSA) is 90.6 Å². The minimum absolute atomic E-state index is 0.102. The molecule has 0 saturated carbocycles. The van der Waals surface area contributed by atoms with E-state index in [-0.39, 0.29) is 11.9 Å². The number of likely N-dealkylation sites (tertiary alicyclic amines) is 1.